The van der Waals surface area contributed by atoms with E-state index in [2.05, 4.69) is 39.4 Å². The van der Waals surface area contributed by atoms with Crippen LogP contribution >= 0.6 is 0 Å². The van der Waals surface area contributed by atoms with E-state index in [0.717, 1.165) is 5.56 Å². The average molecular weight is 325 g/mol. The first kappa shape index (κ1) is 18.0. The van der Waals surface area contributed by atoms with Crippen molar-refractivity contribution in [3.63, 3.8) is 0 Å². The van der Waals surface area contributed by atoms with Gasteiger partial charge in [-0.25, -0.2) is 0 Å². The van der Waals surface area contributed by atoms with Gasteiger partial charge < -0.3 is 15.1 Å². The van der Waals surface area contributed by atoms with Gasteiger partial charge >= 0.3 is 0 Å². The Balaban J connectivity index is 2.05. The Morgan fingerprint density at radius 1 is 0.958 bits per heavy atom. The standard InChI is InChI=1S/C20H27N3O/c1-15-6-8-17(9-7-15)20(24)21-14-19(23(4)5)16-10-12-18(13-11-16)22(2)3/h6-13,19H,14H2,1-5H3,(H,21,24)/t19-/m0/s1. The Bertz CT molecular complexity index is 660. The third-order valence-corrected chi connectivity index (χ3v) is 4.19. The Labute approximate surface area is 145 Å². The highest BCUT2D eigenvalue weighted by atomic mass is 16.1. The maximum atomic E-state index is 12.3. The van der Waals surface area contributed by atoms with E-state index in [-0.39, 0.29) is 11.9 Å². The van der Waals surface area contributed by atoms with Crippen molar-refractivity contribution in [3.8, 4) is 0 Å². The molecule has 1 N–H and O–H groups in total. The molecule has 0 heterocycles. The van der Waals surface area contributed by atoms with Gasteiger partial charge in [-0.05, 0) is 50.8 Å². The first-order chi connectivity index (χ1) is 11.4. The molecule has 24 heavy (non-hydrogen) atoms. The number of carbonyl (C=O) groups is 1. The van der Waals surface area contributed by atoms with Crippen LogP contribution in [0.25, 0.3) is 0 Å². The molecular weight excluding hydrogens is 298 g/mol. The van der Waals surface area contributed by atoms with Gasteiger partial charge in [0.2, 0.25) is 0 Å². The van der Waals surface area contributed by atoms with Gasteiger partial charge in [0.05, 0.1) is 6.04 Å². The number of hydrogen-bond acceptors (Lipinski definition) is 3. The van der Waals surface area contributed by atoms with Gasteiger partial charge in [0, 0.05) is 31.9 Å². The monoisotopic (exact) mass is 325 g/mol. The first-order valence-corrected chi connectivity index (χ1v) is 8.17. The zero-order valence-electron chi connectivity index (χ0n) is 15.2. The van der Waals surface area contributed by atoms with Crippen LogP contribution in [0.1, 0.15) is 27.5 Å². The number of rotatable bonds is 6. The minimum atomic E-state index is -0.0354. The lowest BCUT2D eigenvalue weighted by Crippen LogP contribution is -2.34. The van der Waals surface area contributed by atoms with Crippen LogP contribution in [0.2, 0.25) is 0 Å². The molecule has 0 aliphatic carbocycles. The third kappa shape index (κ3) is 4.59. The highest BCUT2D eigenvalue weighted by Crippen LogP contribution is 2.21. The predicted molar refractivity (Wildman–Crippen MR) is 101 cm³/mol. The van der Waals surface area contributed by atoms with E-state index in [1.165, 1.54) is 11.3 Å². The summed E-state index contributed by atoms with van der Waals surface area (Å²) >= 11 is 0. The van der Waals surface area contributed by atoms with Gasteiger partial charge in [-0.3, -0.25) is 4.79 Å². The minimum absolute atomic E-state index is 0.0354. The second kappa shape index (κ2) is 7.97. The number of hydrogen-bond donors (Lipinski definition) is 1. The molecule has 0 unspecified atom stereocenters. The third-order valence-electron chi connectivity index (χ3n) is 4.19. The molecule has 1 atom stereocenters. The summed E-state index contributed by atoms with van der Waals surface area (Å²) in [6, 6.07) is 16.2. The summed E-state index contributed by atoms with van der Waals surface area (Å²) in [4.78, 5) is 16.5. The Morgan fingerprint density at radius 2 is 1.54 bits per heavy atom. The van der Waals surface area contributed by atoms with Crippen molar-refractivity contribution in [1.29, 1.82) is 0 Å². The van der Waals surface area contributed by atoms with E-state index in [0.29, 0.717) is 12.1 Å². The number of aryl methyl sites for hydroxylation is 1. The number of nitrogens with zero attached hydrogens (tertiary/aromatic N) is 2. The van der Waals surface area contributed by atoms with Crippen LogP contribution in [0.5, 0.6) is 0 Å². The van der Waals surface area contributed by atoms with E-state index < -0.39 is 0 Å². The van der Waals surface area contributed by atoms with E-state index in [1.807, 2.05) is 59.4 Å². The number of nitrogens with one attached hydrogen (secondary N) is 1. The maximum absolute atomic E-state index is 12.3. The molecule has 2 rings (SSSR count). The van der Waals surface area contributed by atoms with E-state index in [1.54, 1.807) is 0 Å². The molecule has 0 aromatic heterocycles. The molecule has 2 aromatic carbocycles. The Kier molecular flexibility index (Phi) is 5.99. The topological polar surface area (TPSA) is 35.6 Å². The quantitative estimate of drug-likeness (QED) is 0.886. The van der Waals surface area contributed by atoms with Crippen LogP contribution in [-0.4, -0.2) is 45.5 Å². The van der Waals surface area contributed by atoms with Crippen molar-refractivity contribution < 1.29 is 4.79 Å². The molecule has 128 valence electrons. The summed E-state index contributed by atoms with van der Waals surface area (Å²) in [5.74, 6) is -0.0354. The second-order valence-corrected chi connectivity index (χ2v) is 6.54. The van der Waals surface area contributed by atoms with Gasteiger partial charge in [0.1, 0.15) is 0 Å². The summed E-state index contributed by atoms with van der Waals surface area (Å²) in [6.45, 7) is 2.59. The van der Waals surface area contributed by atoms with Crippen molar-refractivity contribution >= 4 is 11.6 Å². The maximum Gasteiger partial charge on any atom is 0.251 e. The molecule has 0 saturated carbocycles. The smallest absolute Gasteiger partial charge is 0.251 e. The molecule has 0 fully saturated rings. The lowest BCUT2D eigenvalue weighted by Gasteiger charge is -2.26. The van der Waals surface area contributed by atoms with Crippen LogP contribution in [0.4, 0.5) is 5.69 Å². The molecule has 0 aliphatic heterocycles. The van der Waals surface area contributed by atoms with E-state index >= 15 is 0 Å². The van der Waals surface area contributed by atoms with Crippen molar-refractivity contribution in [3.05, 3.63) is 65.2 Å². The van der Waals surface area contributed by atoms with Crippen LogP contribution in [-0.2, 0) is 0 Å². The van der Waals surface area contributed by atoms with Gasteiger partial charge in [-0.15, -0.1) is 0 Å². The zero-order chi connectivity index (χ0) is 17.7. The number of benzene rings is 2. The Hall–Kier alpha value is -2.33. The summed E-state index contributed by atoms with van der Waals surface area (Å²) in [5, 5.41) is 3.04. The van der Waals surface area contributed by atoms with Crippen molar-refractivity contribution in [2.75, 3.05) is 39.6 Å². The zero-order valence-corrected chi connectivity index (χ0v) is 15.2. The average Bonchev–Trinajstić information content (AvgIpc) is 2.55. The highest BCUT2D eigenvalue weighted by Gasteiger charge is 2.16. The highest BCUT2D eigenvalue weighted by molar-refractivity contribution is 5.94. The first-order valence-electron chi connectivity index (χ1n) is 8.17. The normalized spacial score (nSPS) is 12.1. The van der Waals surface area contributed by atoms with E-state index in [9.17, 15) is 4.79 Å². The van der Waals surface area contributed by atoms with Crippen molar-refractivity contribution in [1.82, 2.24) is 10.2 Å². The largest absolute Gasteiger partial charge is 0.378 e. The lowest BCUT2D eigenvalue weighted by atomic mass is 10.0. The SMILES string of the molecule is Cc1ccc(C(=O)NC[C@@H](c2ccc(N(C)C)cc2)N(C)C)cc1. The molecule has 0 radical (unpaired) electrons. The summed E-state index contributed by atoms with van der Waals surface area (Å²) in [6.07, 6.45) is 0. The van der Waals surface area contributed by atoms with Gasteiger partial charge in [0.15, 0.2) is 0 Å². The fraction of sp³-hybridized carbons (Fsp3) is 0.350. The summed E-state index contributed by atoms with van der Waals surface area (Å²) in [7, 11) is 8.12. The molecule has 0 spiro atoms. The number of anilines is 1. The summed E-state index contributed by atoms with van der Waals surface area (Å²) < 4.78 is 0. The minimum Gasteiger partial charge on any atom is -0.378 e. The summed E-state index contributed by atoms with van der Waals surface area (Å²) in [5.41, 5.74) is 4.20. The van der Waals surface area contributed by atoms with Crippen LogP contribution in [0, 0.1) is 6.92 Å². The van der Waals surface area contributed by atoms with Crippen LogP contribution < -0.4 is 10.2 Å². The molecule has 0 aliphatic rings. The van der Waals surface area contributed by atoms with E-state index in [4.69, 9.17) is 0 Å². The fourth-order valence-corrected chi connectivity index (χ4v) is 2.59. The molecule has 4 nitrogen and oxygen atoms in total. The van der Waals surface area contributed by atoms with Crippen LogP contribution in [0.3, 0.4) is 0 Å². The van der Waals surface area contributed by atoms with Gasteiger partial charge in [0.25, 0.3) is 5.91 Å². The molecule has 2 aromatic rings. The van der Waals surface area contributed by atoms with Gasteiger partial charge in [-0.1, -0.05) is 29.8 Å². The van der Waals surface area contributed by atoms with Gasteiger partial charge in [-0.2, -0.15) is 0 Å². The molecule has 0 saturated heterocycles. The molecule has 1 amide bonds. The van der Waals surface area contributed by atoms with Crippen LogP contribution in [0.15, 0.2) is 48.5 Å². The second-order valence-electron chi connectivity index (χ2n) is 6.54. The number of likely N-dealkylation sites (N-methyl/N-ethyl adjacent to an activating group) is 1. The van der Waals surface area contributed by atoms with Crippen molar-refractivity contribution in [2.24, 2.45) is 0 Å². The van der Waals surface area contributed by atoms with Crippen molar-refractivity contribution in [2.45, 2.75) is 13.0 Å². The lowest BCUT2D eigenvalue weighted by molar-refractivity contribution is 0.0942. The molecule has 4 heteroatoms. The fourth-order valence-electron chi connectivity index (χ4n) is 2.59. The Morgan fingerprint density at radius 3 is 2.04 bits per heavy atom. The molecule has 0 bridgehead atoms. The predicted octanol–water partition coefficient (Wildman–Crippen LogP) is 3.09. The molecular formula is C20H27N3O. The number of amides is 1. The number of carbonyl (C=O) groups excluding carboxylic acids is 1.